The second kappa shape index (κ2) is 4.71. The van der Waals surface area contributed by atoms with Crippen molar-refractivity contribution >= 4 is 17.6 Å². The van der Waals surface area contributed by atoms with E-state index in [1.807, 2.05) is 0 Å². The normalized spacial score (nSPS) is 19.4. The van der Waals surface area contributed by atoms with Crippen molar-refractivity contribution in [2.45, 2.75) is 40.5 Å². The van der Waals surface area contributed by atoms with E-state index in [0.717, 1.165) is 0 Å². The molecule has 0 spiro atoms. The molecule has 1 aliphatic rings. The minimum absolute atomic E-state index is 0.0312. The molecule has 2 amide bonds. The second-order valence-corrected chi connectivity index (χ2v) is 6.03. The van der Waals surface area contributed by atoms with E-state index < -0.39 is 16.7 Å². The van der Waals surface area contributed by atoms with E-state index in [0.29, 0.717) is 25.9 Å². The lowest BCUT2D eigenvalue weighted by atomic mass is 9.66. The van der Waals surface area contributed by atoms with Crippen molar-refractivity contribution in [3.8, 4) is 0 Å². The summed E-state index contributed by atoms with van der Waals surface area (Å²) in [6, 6.07) is 0. The Kier molecular flexibility index (Phi) is 3.84. The Labute approximate surface area is 108 Å². The fourth-order valence-corrected chi connectivity index (χ4v) is 2.51. The molecule has 0 aromatic rings. The summed E-state index contributed by atoms with van der Waals surface area (Å²) in [4.78, 5) is 37.1. The molecule has 102 valence electrons. The molecule has 1 saturated heterocycles. The quantitative estimate of drug-likeness (QED) is 0.737. The first-order valence-electron chi connectivity index (χ1n) is 6.21. The van der Waals surface area contributed by atoms with Crippen LogP contribution < -0.4 is 5.73 Å². The lowest BCUT2D eigenvalue weighted by molar-refractivity contribution is -0.151. The Morgan fingerprint density at radius 3 is 1.83 bits per heavy atom. The van der Waals surface area contributed by atoms with Crippen LogP contribution in [0.3, 0.4) is 0 Å². The van der Waals surface area contributed by atoms with Gasteiger partial charge in [0.1, 0.15) is 5.41 Å². The number of likely N-dealkylation sites (tertiary alicyclic amines) is 1. The van der Waals surface area contributed by atoms with Crippen molar-refractivity contribution in [3.05, 3.63) is 0 Å². The van der Waals surface area contributed by atoms with Crippen molar-refractivity contribution in [2.24, 2.45) is 16.6 Å². The predicted molar refractivity (Wildman–Crippen MR) is 67.6 cm³/mol. The van der Waals surface area contributed by atoms with Crippen LogP contribution in [0.2, 0.25) is 0 Å². The molecule has 0 aromatic heterocycles. The summed E-state index contributed by atoms with van der Waals surface area (Å²) in [5, 5.41) is 0. The van der Waals surface area contributed by atoms with Crippen LogP contribution in [0, 0.1) is 10.8 Å². The van der Waals surface area contributed by atoms with Crippen molar-refractivity contribution in [2.75, 3.05) is 13.1 Å². The Balaban J connectivity index is 2.97. The first-order valence-corrected chi connectivity index (χ1v) is 6.21. The highest BCUT2D eigenvalue weighted by molar-refractivity contribution is 6.07. The van der Waals surface area contributed by atoms with Gasteiger partial charge in [-0.1, -0.05) is 20.8 Å². The average Bonchev–Trinajstić information content (AvgIpc) is 2.26. The van der Waals surface area contributed by atoms with E-state index in [4.69, 9.17) is 5.73 Å². The molecule has 0 saturated carbocycles. The van der Waals surface area contributed by atoms with E-state index >= 15 is 0 Å². The van der Waals surface area contributed by atoms with Gasteiger partial charge >= 0.3 is 0 Å². The van der Waals surface area contributed by atoms with Gasteiger partial charge in [0, 0.05) is 25.4 Å². The number of nitrogens with zero attached hydrogens (tertiary/aromatic N) is 1. The molecule has 0 unspecified atom stereocenters. The average molecular weight is 254 g/mol. The van der Waals surface area contributed by atoms with Crippen LogP contribution in [0.1, 0.15) is 40.5 Å². The third-order valence-corrected chi connectivity index (χ3v) is 3.65. The van der Waals surface area contributed by atoms with Crippen molar-refractivity contribution < 1.29 is 14.4 Å². The molecule has 1 heterocycles. The summed E-state index contributed by atoms with van der Waals surface area (Å²) in [5.41, 5.74) is 3.75. The zero-order valence-electron chi connectivity index (χ0n) is 11.6. The van der Waals surface area contributed by atoms with E-state index in [9.17, 15) is 14.4 Å². The lowest BCUT2D eigenvalue weighted by Gasteiger charge is -2.41. The summed E-state index contributed by atoms with van der Waals surface area (Å²) >= 11 is 0. The first-order chi connectivity index (χ1) is 8.11. The monoisotopic (exact) mass is 254 g/mol. The van der Waals surface area contributed by atoms with Crippen LogP contribution in [0.5, 0.6) is 0 Å². The van der Waals surface area contributed by atoms with Gasteiger partial charge in [-0.25, -0.2) is 0 Å². The second-order valence-electron chi connectivity index (χ2n) is 6.03. The van der Waals surface area contributed by atoms with Crippen LogP contribution in [-0.4, -0.2) is 35.6 Å². The maximum absolute atomic E-state index is 12.5. The summed E-state index contributed by atoms with van der Waals surface area (Å²) in [6.45, 7) is 7.69. The van der Waals surface area contributed by atoms with Crippen molar-refractivity contribution in [1.82, 2.24) is 4.90 Å². The van der Waals surface area contributed by atoms with Crippen molar-refractivity contribution in [3.63, 3.8) is 0 Å². The maximum atomic E-state index is 12.5. The smallest absolute Gasteiger partial charge is 0.231 e. The Morgan fingerprint density at radius 2 is 1.56 bits per heavy atom. The largest absolute Gasteiger partial charge is 0.369 e. The zero-order valence-corrected chi connectivity index (χ0v) is 11.6. The fraction of sp³-hybridized carbons (Fsp3) is 0.769. The number of rotatable bonds is 2. The highest BCUT2D eigenvalue weighted by Crippen LogP contribution is 2.38. The standard InChI is InChI=1S/C13H22N2O3/c1-9(16)15-7-5-13(6-8-15,11(14)18)10(17)12(2,3)4/h5-8H2,1-4H3,(H2,14,18). The minimum Gasteiger partial charge on any atom is -0.369 e. The predicted octanol–water partition coefficient (Wildman–Crippen LogP) is 0.716. The molecular formula is C13H22N2O3. The number of carbonyl (C=O) groups excluding carboxylic acids is 3. The Hall–Kier alpha value is -1.39. The number of hydrogen-bond donors (Lipinski definition) is 1. The van der Waals surface area contributed by atoms with Crippen LogP contribution in [-0.2, 0) is 14.4 Å². The molecule has 0 bridgehead atoms. The van der Waals surface area contributed by atoms with E-state index in [-0.39, 0.29) is 11.7 Å². The van der Waals surface area contributed by atoms with Gasteiger partial charge in [-0.15, -0.1) is 0 Å². The van der Waals surface area contributed by atoms with Gasteiger partial charge in [-0.2, -0.15) is 0 Å². The van der Waals surface area contributed by atoms with Gasteiger partial charge in [0.15, 0.2) is 5.78 Å². The number of Topliss-reactive ketones (excluding diaryl/α,β-unsaturated/α-hetero) is 1. The summed E-state index contributed by atoms with van der Waals surface area (Å²) in [7, 11) is 0. The number of amides is 2. The molecule has 1 rings (SSSR count). The molecule has 2 N–H and O–H groups in total. The molecule has 0 aliphatic carbocycles. The van der Waals surface area contributed by atoms with Gasteiger partial charge in [0.2, 0.25) is 11.8 Å². The molecule has 0 radical (unpaired) electrons. The lowest BCUT2D eigenvalue weighted by Crippen LogP contribution is -2.55. The summed E-state index contributed by atoms with van der Waals surface area (Å²) in [6.07, 6.45) is 0.663. The van der Waals surface area contributed by atoms with Gasteiger partial charge in [0.25, 0.3) is 0 Å². The molecular weight excluding hydrogens is 232 g/mol. The molecule has 1 aliphatic heterocycles. The van der Waals surface area contributed by atoms with E-state index in [2.05, 4.69) is 0 Å². The van der Waals surface area contributed by atoms with E-state index in [1.54, 1.807) is 25.7 Å². The van der Waals surface area contributed by atoms with Gasteiger partial charge < -0.3 is 10.6 Å². The Bertz CT molecular complexity index is 374. The summed E-state index contributed by atoms with van der Waals surface area (Å²) < 4.78 is 0. The molecule has 18 heavy (non-hydrogen) atoms. The number of primary amides is 1. The Morgan fingerprint density at radius 1 is 1.11 bits per heavy atom. The van der Waals surface area contributed by atoms with Crippen molar-refractivity contribution in [1.29, 1.82) is 0 Å². The molecule has 5 nitrogen and oxygen atoms in total. The number of piperidine rings is 1. The maximum Gasteiger partial charge on any atom is 0.231 e. The minimum atomic E-state index is -1.11. The summed E-state index contributed by atoms with van der Waals surface area (Å²) in [5.74, 6) is -0.715. The van der Waals surface area contributed by atoms with Gasteiger partial charge in [-0.3, -0.25) is 14.4 Å². The van der Waals surface area contributed by atoms with Gasteiger partial charge in [-0.05, 0) is 12.8 Å². The highest BCUT2D eigenvalue weighted by atomic mass is 16.2. The van der Waals surface area contributed by atoms with Crippen LogP contribution >= 0.6 is 0 Å². The third-order valence-electron chi connectivity index (χ3n) is 3.65. The fourth-order valence-electron chi connectivity index (χ4n) is 2.51. The molecule has 0 atom stereocenters. The van der Waals surface area contributed by atoms with E-state index in [1.165, 1.54) is 6.92 Å². The number of ketones is 1. The first kappa shape index (κ1) is 14.7. The van der Waals surface area contributed by atoms with Crippen LogP contribution in [0.25, 0.3) is 0 Å². The number of carbonyl (C=O) groups is 3. The molecule has 5 heteroatoms. The van der Waals surface area contributed by atoms with Gasteiger partial charge in [0.05, 0.1) is 0 Å². The third kappa shape index (κ3) is 2.54. The number of hydrogen-bond acceptors (Lipinski definition) is 3. The van der Waals surface area contributed by atoms with Crippen LogP contribution in [0.15, 0.2) is 0 Å². The zero-order chi connectivity index (χ0) is 14.1. The topological polar surface area (TPSA) is 80.5 Å². The molecule has 0 aromatic carbocycles. The SMILES string of the molecule is CC(=O)N1CCC(C(N)=O)(C(=O)C(C)(C)C)CC1. The van der Waals surface area contributed by atoms with Crippen LogP contribution in [0.4, 0.5) is 0 Å². The molecule has 1 fully saturated rings. The highest BCUT2D eigenvalue weighted by Gasteiger charge is 2.50. The number of nitrogens with two attached hydrogens (primary N) is 1.